The van der Waals surface area contributed by atoms with Gasteiger partial charge in [-0.2, -0.15) is 0 Å². The molecule has 106 valence electrons. The lowest BCUT2D eigenvalue weighted by Gasteiger charge is -2.14. The molecule has 0 fully saturated rings. The Balaban J connectivity index is 2.22. The molecule has 2 rings (SSSR count). The zero-order valence-electron chi connectivity index (χ0n) is 11.4. The number of fused-ring (bicyclic) bond motifs is 1. The summed E-state index contributed by atoms with van der Waals surface area (Å²) in [7, 11) is 0. The van der Waals surface area contributed by atoms with Crippen LogP contribution in [0.2, 0.25) is 0 Å². The van der Waals surface area contributed by atoms with Crippen LogP contribution < -0.4 is 10.9 Å². The van der Waals surface area contributed by atoms with E-state index in [4.69, 9.17) is 4.42 Å². The SMILES string of the molecule is CC(C)C(O)CNC(=O)c1cc2ccccc2oc1=O. The molecular weight excluding hydrogens is 258 g/mol. The van der Waals surface area contributed by atoms with Crippen LogP contribution in [-0.2, 0) is 0 Å². The molecule has 5 heteroatoms. The summed E-state index contributed by atoms with van der Waals surface area (Å²) in [5.41, 5.74) is -0.295. The number of rotatable bonds is 4. The quantitative estimate of drug-likeness (QED) is 0.829. The van der Waals surface area contributed by atoms with E-state index in [-0.39, 0.29) is 18.0 Å². The van der Waals surface area contributed by atoms with Gasteiger partial charge < -0.3 is 14.8 Å². The van der Waals surface area contributed by atoms with Gasteiger partial charge in [0.1, 0.15) is 11.1 Å². The fourth-order valence-corrected chi connectivity index (χ4v) is 1.75. The van der Waals surface area contributed by atoms with Gasteiger partial charge in [-0.3, -0.25) is 4.79 Å². The molecule has 0 saturated heterocycles. The lowest BCUT2D eigenvalue weighted by Crippen LogP contribution is -2.36. The largest absolute Gasteiger partial charge is 0.422 e. The molecular formula is C15H17NO4. The summed E-state index contributed by atoms with van der Waals surface area (Å²) in [6, 6.07) is 8.48. The molecule has 0 aliphatic carbocycles. The number of aliphatic hydroxyl groups excluding tert-OH is 1. The number of aliphatic hydroxyl groups is 1. The number of nitrogens with one attached hydrogen (secondary N) is 1. The van der Waals surface area contributed by atoms with E-state index in [0.29, 0.717) is 11.0 Å². The van der Waals surface area contributed by atoms with Crippen LogP contribution in [0.15, 0.2) is 39.5 Å². The third kappa shape index (κ3) is 3.05. The molecule has 2 N–H and O–H groups in total. The van der Waals surface area contributed by atoms with Crippen LogP contribution in [0.25, 0.3) is 11.0 Å². The molecule has 0 spiro atoms. The zero-order chi connectivity index (χ0) is 14.7. The van der Waals surface area contributed by atoms with Crippen LogP contribution >= 0.6 is 0 Å². The molecule has 5 nitrogen and oxygen atoms in total. The molecule has 1 amide bonds. The Morgan fingerprint density at radius 3 is 2.75 bits per heavy atom. The summed E-state index contributed by atoms with van der Waals surface area (Å²) in [5.74, 6) is -0.507. The summed E-state index contributed by atoms with van der Waals surface area (Å²) in [4.78, 5) is 23.7. The molecule has 0 saturated carbocycles. The van der Waals surface area contributed by atoms with Crippen LogP contribution in [0.4, 0.5) is 0 Å². The number of carbonyl (C=O) groups excluding carboxylic acids is 1. The van der Waals surface area contributed by atoms with Crippen molar-refractivity contribution >= 4 is 16.9 Å². The average Bonchev–Trinajstić information content (AvgIpc) is 2.43. The molecule has 0 radical (unpaired) electrons. The second-order valence-electron chi connectivity index (χ2n) is 5.01. The molecule has 0 aliphatic rings. The zero-order valence-corrected chi connectivity index (χ0v) is 11.4. The van der Waals surface area contributed by atoms with E-state index in [1.165, 1.54) is 6.07 Å². The fourth-order valence-electron chi connectivity index (χ4n) is 1.75. The van der Waals surface area contributed by atoms with Crippen LogP contribution in [0.5, 0.6) is 0 Å². The van der Waals surface area contributed by atoms with Crippen molar-refractivity contribution in [2.24, 2.45) is 5.92 Å². The van der Waals surface area contributed by atoms with Gasteiger partial charge in [-0.05, 0) is 18.1 Å². The molecule has 1 aromatic carbocycles. The summed E-state index contributed by atoms with van der Waals surface area (Å²) >= 11 is 0. The maximum atomic E-state index is 12.0. The van der Waals surface area contributed by atoms with Gasteiger partial charge in [0.2, 0.25) is 0 Å². The van der Waals surface area contributed by atoms with Gasteiger partial charge in [0.15, 0.2) is 0 Å². The minimum atomic E-state index is -0.680. The van der Waals surface area contributed by atoms with Gasteiger partial charge >= 0.3 is 5.63 Å². The average molecular weight is 275 g/mol. The number of para-hydroxylation sites is 1. The number of hydrogen-bond donors (Lipinski definition) is 2. The van der Waals surface area contributed by atoms with Gasteiger partial charge in [-0.1, -0.05) is 32.0 Å². The monoisotopic (exact) mass is 275 g/mol. The van der Waals surface area contributed by atoms with Gasteiger partial charge in [0.25, 0.3) is 5.91 Å². The minimum Gasteiger partial charge on any atom is -0.422 e. The first-order chi connectivity index (χ1) is 9.49. The van der Waals surface area contributed by atoms with E-state index >= 15 is 0 Å². The highest BCUT2D eigenvalue weighted by molar-refractivity contribution is 5.96. The molecule has 1 unspecified atom stereocenters. The van der Waals surface area contributed by atoms with Gasteiger partial charge in [0.05, 0.1) is 6.10 Å². The molecule has 1 heterocycles. The van der Waals surface area contributed by atoms with E-state index in [9.17, 15) is 14.7 Å². The fraction of sp³-hybridized carbons (Fsp3) is 0.333. The number of amides is 1. The Labute approximate surface area is 116 Å². The Hall–Kier alpha value is -2.14. The van der Waals surface area contributed by atoms with Crippen molar-refractivity contribution in [2.75, 3.05) is 6.54 Å². The highest BCUT2D eigenvalue weighted by Gasteiger charge is 2.16. The summed E-state index contributed by atoms with van der Waals surface area (Å²) in [6.07, 6.45) is -0.647. The predicted octanol–water partition coefficient (Wildman–Crippen LogP) is 1.54. The molecule has 20 heavy (non-hydrogen) atoms. The number of carbonyl (C=O) groups is 1. The molecule has 2 aromatic rings. The minimum absolute atomic E-state index is 0.0308. The molecule has 0 aliphatic heterocycles. The summed E-state index contributed by atoms with van der Waals surface area (Å²) in [5, 5.41) is 12.9. The topological polar surface area (TPSA) is 79.5 Å². The first-order valence-corrected chi connectivity index (χ1v) is 6.48. The van der Waals surface area contributed by atoms with Crippen molar-refractivity contribution in [2.45, 2.75) is 20.0 Å². The standard InChI is InChI=1S/C15H17NO4/c1-9(2)12(17)8-16-14(18)11-7-10-5-3-4-6-13(10)20-15(11)19/h3-7,9,12,17H,8H2,1-2H3,(H,16,18). The third-order valence-electron chi connectivity index (χ3n) is 3.13. The highest BCUT2D eigenvalue weighted by Crippen LogP contribution is 2.12. The van der Waals surface area contributed by atoms with Crippen molar-refractivity contribution < 1.29 is 14.3 Å². The van der Waals surface area contributed by atoms with E-state index < -0.39 is 17.6 Å². The summed E-state index contributed by atoms with van der Waals surface area (Å²) in [6.45, 7) is 3.80. The number of benzene rings is 1. The maximum absolute atomic E-state index is 12.0. The van der Waals surface area contributed by atoms with Gasteiger partial charge in [-0.25, -0.2) is 4.79 Å². The third-order valence-corrected chi connectivity index (χ3v) is 3.13. The van der Waals surface area contributed by atoms with E-state index in [2.05, 4.69) is 5.32 Å². The lowest BCUT2D eigenvalue weighted by molar-refractivity contribution is 0.0868. The first kappa shape index (κ1) is 14.3. The van der Waals surface area contributed by atoms with Gasteiger partial charge in [-0.15, -0.1) is 0 Å². The summed E-state index contributed by atoms with van der Waals surface area (Å²) < 4.78 is 5.09. The molecule has 1 aromatic heterocycles. The Kier molecular flexibility index (Phi) is 4.20. The normalized spacial score (nSPS) is 12.6. The second-order valence-corrected chi connectivity index (χ2v) is 5.01. The highest BCUT2D eigenvalue weighted by atomic mass is 16.4. The van der Waals surface area contributed by atoms with Crippen LogP contribution in [0, 0.1) is 5.92 Å². The molecule has 0 bridgehead atoms. The van der Waals surface area contributed by atoms with Gasteiger partial charge in [0, 0.05) is 11.9 Å². The Bertz CT molecular complexity index is 675. The van der Waals surface area contributed by atoms with E-state index in [1.807, 2.05) is 13.8 Å². The van der Waals surface area contributed by atoms with Crippen molar-refractivity contribution in [3.05, 3.63) is 46.3 Å². The van der Waals surface area contributed by atoms with E-state index in [1.54, 1.807) is 24.3 Å². The number of hydrogen-bond acceptors (Lipinski definition) is 4. The molecule has 1 atom stereocenters. The van der Waals surface area contributed by atoms with Crippen molar-refractivity contribution in [1.82, 2.24) is 5.32 Å². The van der Waals surface area contributed by atoms with Crippen LogP contribution in [-0.4, -0.2) is 23.7 Å². The van der Waals surface area contributed by atoms with Crippen LogP contribution in [0.3, 0.4) is 0 Å². The van der Waals surface area contributed by atoms with E-state index in [0.717, 1.165) is 0 Å². The van der Waals surface area contributed by atoms with Crippen molar-refractivity contribution in [3.8, 4) is 0 Å². The van der Waals surface area contributed by atoms with Crippen LogP contribution in [0.1, 0.15) is 24.2 Å². The second kappa shape index (κ2) is 5.88. The lowest BCUT2D eigenvalue weighted by atomic mass is 10.1. The predicted molar refractivity (Wildman–Crippen MR) is 75.7 cm³/mol. The Morgan fingerprint density at radius 1 is 1.35 bits per heavy atom. The maximum Gasteiger partial charge on any atom is 0.349 e. The van der Waals surface area contributed by atoms with Crippen molar-refractivity contribution in [3.63, 3.8) is 0 Å². The smallest absolute Gasteiger partial charge is 0.349 e. The van der Waals surface area contributed by atoms with Crippen molar-refractivity contribution in [1.29, 1.82) is 0 Å². The first-order valence-electron chi connectivity index (χ1n) is 6.48. The Morgan fingerprint density at radius 2 is 2.05 bits per heavy atom.